The van der Waals surface area contributed by atoms with E-state index in [4.69, 9.17) is 0 Å². The first-order valence-corrected chi connectivity index (χ1v) is 11.9. The molecule has 0 spiro atoms. The molecule has 0 unspecified atom stereocenters. The standard InChI is InChI=1S/C23H27N3O5S/c1-4-19(22(28)24-3)25(15-17-9-7-8-16(2)14-17)21(27)12-13-26-23(29)18-10-5-6-11-20(18)32(26,30)31/h5-11,14,19H,4,12-13,15H2,1-3H3,(H,24,28)/t19-/m1/s1. The number of rotatable bonds is 8. The molecule has 0 radical (unpaired) electrons. The lowest BCUT2D eigenvalue weighted by Crippen LogP contribution is -2.49. The van der Waals surface area contributed by atoms with Crippen molar-refractivity contribution in [1.29, 1.82) is 0 Å². The normalized spacial score (nSPS) is 15.2. The Bertz CT molecular complexity index is 1150. The average molecular weight is 458 g/mol. The second-order valence-corrected chi connectivity index (χ2v) is 9.51. The molecular weight excluding hydrogens is 430 g/mol. The molecule has 1 atom stereocenters. The lowest BCUT2D eigenvalue weighted by molar-refractivity contribution is -0.141. The van der Waals surface area contributed by atoms with Crippen LogP contribution in [0.4, 0.5) is 0 Å². The Kier molecular flexibility index (Phi) is 6.98. The van der Waals surface area contributed by atoms with Crippen molar-refractivity contribution in [1.82, 2.24) is 14.5 Å². The fourth-order valence-corrected chi connectivity index (χ4v) is 5.46. The highest BCUT2D eigenvalue weighted by atomic mass is 32.2. The maximum Gasteiger partial charge on any atom is 0.269 e. The van der Waals surface area contributed by atoms with Gasteiger partial charge in [-0.1, -0.05) is 48.9 Å². The van der Waals surface area contributed by atoms with E-state index < -0.39 is 27.9 Å². The quantitative estimate of drug-likeness (QED) is 0.654. The van der Waals surface area contributed by atoms with Crippen molar-refractivity contribution >= 4 is 27.7 Å². The van der Waals surface area contributed by atoms with Gasteiger partial charge in [0, 0.05) is 26.6 Å². The zero-order valence-electron chi connectivity index (χ0n) is 18.4. The molecule has 0 bridgehead atoms. The number of nitrogens with one attached hydrogen (secondary N) is 1. The minimum absolute atomic E-state index is 0.0501. The Balaban J connectivity index is 1.82. The Labute approximate surface area is 188 Å². The molecule has 1 N–H and O–H groups in total. The number of aryl methyl sites for hydroxylation is 1. The predicted molar refractivity (Wildman–Crippen MR) is 119 cm³/mol. The van der Waals surface area contributed by atoms with Crippen molar-refractivity contribution < 1.29 is 22.8 Å². The van der Waals surface area contributed by atoms with Gasteiger partial charge in [-0.15, -0.1) is 0 Å². The minimum atomic E-state index is -3.99. The summed E-state index contributed by atoms with van der Waals surface area (Å²) in [6, 6.07) is 12.9. The molecule has 1 heterocycles. The average Bonchev–Trinajstić information content (AvgIpc) is 2.97. The maximum atomic E-state index is 13.2. The van der Waals surface area contributed by atoms with Gasteiger partial charge in [0.1, 0.15) is 10.9 Å². The molecule has 0 saturated heterocycles. The van der Waals surface area contributed by atoms with Gasteiger partial charge >= 0.3 is 0 Å². The van der Waals surface area contributed by atoms with Gasteiger partial charge in [0.2, 0.25) is 11.8 Å². The van der Waals surface area contributed by atoms with Crippen LogP contribution >= 0.6 is 0 Å². The molecule has 9 heteroatoms. The van der Waals surface area contributed by atoms with Gasteiger partial charge < -0.3 is 10.2 Å². The van der Waals surface area contributed by atoms with Crippen LogP contribution in [0, 0.1) is 6.92 Å². The molecule has 1 aliphatic rings. The third kappa shape index (κ3) is 4.52. The molecule has 1 aliphatic heterocycles. The highest BCUT2D eigenvalue weighted by Gasteiger charge is 2.41. The third-order valence-electron chi connectivity index (χ3n) is 5.51. The summed E-state index contributed by atoms with van der Waals surface area (Å²) in [6.45, 7) is 3.66. The summed E-state index contributed by atoms with van der Waals surface area (Å²) in [5.41, 5.74) is 1.99. The highest BCUT2D eigenvalue weighted by molar-refractivity contribution is 7.90. The number of fused-ring (bicyclic) bond motifs is 1. The van der Waals surface area contributed by atoms with Crippen molar-refractivity contribution in [3.63, 3.8) is 0 Å². The number of nitrogens with zero attached hydrogens (tertiary/aromatic N) is 2. The summed E-state index contributed by atoms with van der Waals surface area (Å²) in [7, 11) is -2.49. The van der Waals surface area contributed by atoms with Gasteiger partial charge in [0.05, 0.1) is 5.56 Å². The molecule has 170 valence electrons. The number of hydrogen-bond donors (Lipinski definition) is 1. The summed E-state index contributed by atoms with van der Waals surface area (Å²) >= 11 is 0. The van der Waals surface area contributed by atoms with Gasteiger partial charge in [-0.3, -0.25) is 14.4 Å². The molecule has 32 heavy (non-hydrogen) atoms. The maximum absolute atomic E-state index is 13.2. The number of sulfonamides is 1. The largest absolute Gasteiger partial charge is 0.357 e. The predicted octanol–water partition coefficient (Wildman–Crippen LogP) is 2.08. The fraction of sp³-hybridized carbons (Fsp3) is 0.348. The summed E-state index contributed by atoms with van der Waals surface area (Å²) in [5, 5.41) is 2.58. The van der Waals surface area contributed by atoms with E-state index in [-0.39, 0.29) is 35.9 Å². The molecule has 3 rings (SSSR count). The Hall–Kier alpha value is -3.20. The number of likely N-dealkylation sites (N-methyl/N-ethyl adjacent to an activating group) is 1. The van der Waals surface area contributed by atoms with Crippen LogP contribution in [0.15, 0.2) is 53.4 Å². The zero-order valence-corrected chi connectivity index (χ0v) is 19.2. The molecule has 2 aromatic carbocycles. The van der Waals surface area contributed by atoms with Crippen LogP contribution in [-0.4, -0.2) is 55.0 Å². The van der Waals surface area contributed by atoms with Crippen molar-refractivity contribution in [2.75, 3.05) is 13.6 Å². The number of hydrogen-bond acceptors (Lipinski definition) is 5. The first-order valence-electron chi connectivity index (χ1n) is 10.4. The van der Waals surface area contributed by atoms with Gasteiger partial charge in [-0.25, -0.2) is 12.7 Å². The van der Waals surface area contributed by atoms with E-state index in [0.717, 1.165) is 15.4 Å². The molecule has 2 aromatic rings. The molecule has 0 aromatic heterocycles. The number of carbonyl (C=O) groups is 3. The van der Waals surface area contributed by atoms with Crippen LogP contribution in [0.3, 0.4) is 0 Å². The minimum Gasteiger partial charge on any atom is -0.357 e. The molecular formula is C23H27N3O5S. The zero-order chi connectivity index (χ0) is 23.5. The van der Waals surface area contributed by atoms with Crippen LogP contribution in [0.1, 0.15) is 41.3 Å². The number of carbonyl (C=O) groups excluding carboxylic acids is 3. The monoisotopic (exact) mass is 457 g/mol. The topological polar surface area (TPSA) is 104 Å². The van der Waals surface area contributed by atoms with Crippen LogP contribution in [-0.2, 0) is 26.2 Å². The molecule has 0 fully saturated rings. The summed E-state index contributed by atoms with van der Waals surface area (Å²) in [6.07, 6.45) is 0.169. The summed E-state index contributed by atoms with van der Waals surface area (Å²) in [5.74, 6) is -1.34. The lowest BCUT2D eigenvalue weighted by Gasteiger charge is -2.31. The SMILES string of the molecule is CC[C@H](C(=O)NC)N(Cc1cccc(C)c1)C(=O)CCN1C(=O)c2ccccc2S1(=O)=O. The third-order valence-corrected chi connectivity index (χ3v) is 7.35. The van der Waals surface area contributed by atoms with Crippen molar-refractivity contribution in [2.45, 2.75) is 44.2 Å². The number of benzene rings is 2. The van der Waals surface area contributed by atoms with E-state index in [0.29, 0.717) is 6.42 Å². The molecule has 0 aliphatic carbocycles. The smallest absolute Gasteiger partial charge is 0.269 e. The van der Waals surface area contributed by atoms with Gasteiger partial charge in [0.15, 0.2) is 0 Å². The number of amides is 3. The van der Waals surface area contributed by atoms with Gasteiger partial charge in [-0.05, 0) is 31.0 Å². The van der Waals surface area contributed by atoms with E-state index in [9.17, 15) is 22.8 Å². The van der Waals surface area contributed by atoms with E-state index in [1.165, 1.54) is 24.1 Å². The summed E-state index contributed by atoms with van der Waals surface area (Å²) < 4.78 is 26.3. The molecule has 8 nitrogen and oxygen atoms in total. The molecule has 3 amide bonds. The van der Waals surface area contributed by atoms with E-state index >= 15 is 0 Å². The Morgan fingerprint density at radius 3 is 2.47 bits per heavy atom. The van der Waals surface area contributed by atoms with Crippen LogP contribution in [0.5, 0.6) is 0 Å². The first-order chi connectivity index (χ1) is 15.2. The second kappa shape index (κ2) is 9.52. The van der Waals surface area contributed by atoms with Gasteiger partial charge in [0.25, 0.3) is 15.9 Å². The highest BCUT2D eigenvalue weighted by Crippen LogP contribution is 2.30. The fourth-order valence-electron chi connectivity index (χ4n) is 3.89. The van der Waals surface area contributed by atoms with Gasteiger partial charge in [-0.2, -0.15) is 0 Å². The van der Waals surface area contributed by atoms with Crippen molar-refractivity contribution in [2.24, 2.45) is 0 Å². The molecule has 0 saturated carbocycles. The summed E-state index contributed by atoms with van der Waals surface area (Å²) in [4.78, 5) is 39.7. The lowest BCUT2D eigenvalue weighted by atomic mass is 10.1. The van der Waals surface area contributed by atoms with E-state index in [1.807, 2.05) is 38.1 Å². The van der Waals surface area contributed by atoms with E-state index in [2.05, 4.69) is 5.32 Å². The van der Waals surface area contributed by atoms with Crippen LogP contribution < -0.4 is 5.32 Å². The first kappa shape index (κ1) is 23.5. The van der Waals surface area contributed by atoms with E-state index in [1.54, 1.807) is 12.1 Å². The van der Waals surface area contributed by atoms with Crippen molar-refractivity contribution in [3.05, 3.63) is 65.2 Å². The Morgan fingerprint density at radius 2 is 1.84 bits per heavy atom. The van der Waals surface area contributed by atoms with Crippen LogP contribution in [0.2, 0.25) is 0 Å². The van der Waals surface area contributed by atoms with Crippen LogP contribution in [0.25, 0.3) is 0 Å². The Morgan fingerprint density at radius 1 is 1.12 bits per heavy atom. The van der Waals surface area contributed by atoms with Crippen molar-refractivity contribution in [3.8, 4) is 0 Å². The second-order valence-electron chi connectivity index (χ2n) is 7.68.